The molecule has 1 aliphatic heterocycles. The van der Waals surface area contributed by atoms with Crippen LogP contribution in [0.3, 0.4) is 0 Å². The zero-order valence-corrected chi connectivity index (χ0v) is 17.2. The Morgan fingerprint density at radius 2 is 2.04 bits per heavy atom. The standard InChI is InChI=1S/C21H29N3O2S/c1-15(2)17-8-7-9-19(12-17)26-16(3)20(25)23-21-22-18(14-27-21)13-24-10-5-4-6-11-24/h7-9,12,14-16H,4-6,10-11,13H2,1-3H3,(H,22,23,25). The van der Waals surface area contributed by atoms with Crippen molar-refractivity contribution in [2.24, 2.45) is 0 Å². The van der Waals surface area contributed by atoms with Crippen LogP contribution in [0.25, 0.3) is 0 Å². The fraction of sp³-hybridized carbons (Fsp3) is 0.524. The van der Waals surface area contributed by atoms with E-state index in [-0.39, 0.29) is 5.91 Å². The van der Waals surface area contributed by atoms with Gasteiger partial charge in [0.1, 0.15) is 5.75 Å². The summed E-state index contributed by atoms with van der Waals surface area (Å²) in [5, 5.41) is 5.55. The van der Waals surface area contributed by atoms with Crippen molar-refractivity contribution in [2.45, 2.75) is 58.6 Å². The fourth-order valence-corrected chi connectivity index (χ4v) is 3.90. The van der Waals surface area contributed by atoms with Gasteiger partial charge in [-0.1, -0.05) is 32.4 Å². The smallest absolute Gasteiger partial charge is 0.266 e. The summed E-state index contributed by atoms with van der Waals surface area (Å²) in [7, 11) is 0. The number of nitrogens with one attached hydrogen (secondary N) is 1. The van der Waals surface area contributed by atoms with Crippen LogP contribution in [0.1, 0.15) is 57.2 Å². The minimum atomic E-state index is -0.582. The van der Waals surface area contributed by atoms with Crippen LogP contribution in [0.15, 0.2) is 29.6 Å². The van der Waals surface area contributed by atoms with Gasteiger partial charge in [0.15, 0.2) is 11.2 Å². The van der Waals surface area contributed by atoms with Gasteiger partial charge in [0.2, 0.25) is 0 Å². The molecule has 1 atom stereocenters. The third kappa shape index (κ3) is 5.78. The first kappa shape index (κ1) is 19.8. The highest BCUT2D eigenvalue weighted by atomic mass is 32.1. The van der Waals surface area contributed by atoms with Gasteiger partial charge < -0.3 is 4.74 Å². The lowest BCUT2D eigenvalue weighted by Gasteiger charge is -2.25. The molecule has 1 fully saturated rings. The molecule has 1 unspecified atom stereocenters. The minimum absolute atomic E-state index is 0.177. The molecule has 0 saturated carbocycles. The number of carbonyl (C=O) groups excluding carboxylic acids is 1. The zero-order chi connectivity index (χ0) is 19.2. The summed E-state index contributed by atoms with van der Waals surface area (Å²) >= 11 is 1.47. The summed E-state index contributed by atoms with van der Waals surface area (Å²) in [6.45, 7) is 9.18. The first-order chi connectivity index (χ1) is 13.0. The number of piperidine rings is 1. The largest absolute Gasteiger partial charge is 0.481 e. The van der Waals surface area contributed by atoms with E-state index in [2.05, 4.69) is 35.1 Å². The minimum Gasteiger partial charge on any atom is -0.481 e. The molecule has 1 amide bonds. The molecule has 5 nitrogen and oxygen atoms in total. The number of hydrogen-bond acceptors (Lipinski definition) is 5. The highest BCUT2D eigenvalue weighted by molar-refractivity contribution is 7.13. The first-order valence-electron chi connectivity index (χ1n) is 9.75. The second-order valence-corrected chi connectivity index (χ2v) is 8.32. The molecule has 0 bridgehead atoms. The van der Waals surface area contributed by atoms with Gasteiger partial charge in [-0.2, -0.15) is 0 Å². The van der Waals surface area contributed by atoms with Crippen molar-refractivity contribution in [3.05, 3.63) is 40.9 Å². The fourth-order valence-electron chi connectivity index (χ4n) is 3.20. The van der Waals surface area contributed by atoms with Crippen LogP contribution >= 0.6 is 11.3 Å². The number of rotatable bonds is 7. The van der Waals surface area contributed by atoms with Crippen LogP contribution < -0.4 is 10.1 Å². The third-order valence-electron chi connectivity index (χ3n) is 4.82. The Balaban J connectivity index is 1.53. The maximum atomic E-state index is 12.5. The van der Waals surface area contributed by atoms with E-state index >= 15 is 0 Å². The Morgan fingerprint density at radius 1 is 1.26 bits per heavy atom. The predicted octanol–water partition coefficient (Wildman–Crippen LogP) is 4.66. The molecule has 0 radical (unpaired) electrons. The van der Waals surface area contributed by atoms with Crippen LogP contribution in [-0.2, 0) is 11.3 Å². The van der Waals surface area contributed by atoms with E-state index in [1.807, 2.05) is 23.6 Å². The molecule has 146 valence electrons. The highest BCUT2D eigenvalue weighted by Crippen LogP contribution is 2.22. The van der Waals surface area contributed by atoms with Crippen LogP contribution in [0.4, 0.5) is 5.13 Å². The number of amides is 1. The molecule has 1 aromatic heterocycles. The predicted molar refractivity (Wildman–Crippen MR) is 110 cm³/mol. The van der Waals surface area contributed by atoms with Gasteiger partial charge in [-0.3, -0.25) is 15.0 Å². The Bertz CT molecular complexity index is 753. The molecule has 2 aromatic rings. The van der Waals surface area contributed by atoms with Crippen molar-refractivity contribution in [3.8, 4) is 5.75 Å². The monoisotopic (exact) mass is 387 g/mol. The number of thiazole rings is 1. The summed E-state index contributed by atoms with van der Waals surface area (Å²) < 4.78 is 5.82. The summed E-state index contributed by atoms with van der Waals surface area (Å²) in [5.41, 5.74) is 2.22. The number of likely N-dealkylation sites (tertiary alicyclic amines) is 1. The maximum absolute atomic E-state index is 12.5. The quantitative estimate of drug-likeness (QED) is 0.751. The van der Waals surface area contributed by atoms with Crippen molar-refractivity contribution in [1.82, 2.24) is 9.88 Å². The zero-order valence-electron chi connectivity index (χ0n) is 16.4. The van der Waals surface area contributed by atoms with E-state index in [0.29, 0.717) is 16.8 Å². The molecule has 1 aliphatic rings. The van der Waals surface area contributed by atoms with Gasteiger partial charge in [-0.15, -0.1) is 11.3 Å². The average molecular weight is 388 g/mol. The lowest BCUT2D eigenvalue weighted by molar-refractivity contribution is -0.122. The van der Waals surface area contributed by atoms with E-state index in [1.165, 1.54) is 36.2 Å². The lowest BCUT2D eigenvalue weighted by atomic mass is 10.0. The van der Waals surface area contributed by atoms with Gasteiger partial charge in [-0.25, -0.2) is 4.98 Å². The summed E-state index contributed by atoms with van der Waals surface area (Å²) in [6.07, 6.45) is 3.27. The second-order valence-electron chi connectivity index (χ2n) is 7.46. The number of nitrogens with zero attached hydrogens (tertiary/aromatic N) is 2. The molecular weight excluding hydrogens is 358 g/mol. The van der Waals surface area contributed by atoms with Crippen LogP contribution in [0, 0.1) is 0 Å². The molecular formula is C21H29N3O2S. The van der Waals surface area contributed by atoms with E-state index in [9.17, 15) is 4.79 Å². The molecule has 3 rings (SSSR count). The number of anilines is 1. The lowest BCUT2D eigenvalue weighted by Crippen LogP contribution is -2.30. The van der Waals surface area contributed by atoms with Gasteiger partial charge in [0, 0.05) is 11.9 Å². The van der Waals surface area contributed by atoms with Gasteiger partial charge in [0.05, 0.1) is 5.69 Å². The molecule has 1 saturated heterocycles. The van der Waals surface area contributed by atoms with E-state index < -0.39 is 6.10 Å². The number of ether oxygens (including phenoxy) is 1. The maximum Gasteiger partial charge on any atom is 0.266 e. The Morgan fingerprint density at radius 3 is 2.78 bits per heavy atom. The highest BCUT2D eigenvalue weighted by Gasteiger charge is 2.18. The van der Waals surface area contributed by atoms with Crippen LogP contribution in [0.2, 0.25) is 0 Å². The number of benzene rings is 1. The first-order valence-corrected chi connectivity index (χ1v) is 10.6. The molecule has 6 heteroatoms. The van der Waals surface area contributed by atoms with Crippen LogP contribution in [-0.4, -0.2) is 35.0 Å². The summed E-state index contributed by atoms with van der Waals surface area (Å²) in [4.78, 5) is 19.4. The molecule has 2 heterocycles. The van der Waals surface area contributed by atoms with Crippen LogP contribution in [0.5, 0.6) is 5.75 Å². The molecule has 0 spiro atoms. The van der Waals surface area contributed by atoms with Crippen molar-refractivity contribution >= 4 is 22.4 Å². The molecule has 1 N–H and O–H groups in total. The van der Waals surface area contributed by atoms with Crippen molar-refractivity contribution < 1.29 is 9.53 Å². The summed E-state index contributed by atoms with van der Waals surface area (Å²) in [6, 6.07) is 7.91. The van der Waals surface area contributed by atoms with Gasteiger partial charge >= 0.3 is 0 Å². The Kier molecular flexibility index (Phi) is 6.85. The van der Waals surface area contributed by atoms with Crippen molar-refractivity contribution in [1.29, 1.82) is 0 Å². The number of aromatic nitrogens is 1. The van der Waals surface area contributed by atoms with Crippen molar-refractivity contribution in [3.63, 3.8) is 0 Å². The van der Waals surface area contributed by atoms with Gasteiger partial charge in [-0.05, 0) is 56.5 Å². The van der Waals surface area contributed by atoms with Gasteiger partial charge in [0.25, 0.3) is 5.91 Å². The summed E-state index contributed by atoms with van der Waals surface area (Å²) in [5.74, 6) is 0.962. The number of hydrogen-bond donors (Lipinski definition) is 1. The average Bonchev–Trinajstić information content (AvgIpc) is 3.09. The normalized spacial score (nSPS) is 16.3. The van der Waals surface area contributed by atoms with E-state index in [1.54, 1.807) is 6.92 Å². The number of carbonyl (C=O) groups is 1. The Labute approximate surface area is 165 Å². The third-order valence-corrected chi connectivity index (χ3v) is 5.63. The SMILES string of the molecule is CC(Oc1cccc(C(C)C)c1)C(=O)Nc1nc(CN2CCCCC2)cs1. The van der Waals surface area contributed by atoms with Crippen molar-refractivity contribution in [2.75, 3.05) is 18.4 Å². The van der Waals surface area contributed by atoms with E-state index in [0.717, 1.165) is 25.3 Å². The van der Waals surface area contributed by atoms with E-state index in [4.69, 9.17) is 4.74 Å². The topological polar surface area (TPSA) is 54.5 Å². The second kappa shape index (κ2) is 9.33. The molecule has 0 aliphatic carbocycles. The molecule has 27 heavy (non-hydrogen) atoms. The Hall–Kier alpha value is -1.92. The molecule has 1 aromatic carbocycles.